The lowest BCUT2D eigenvalue weighted by Gasteiger charge is -2.15. The van der Waals surface area contributed by atoms with Crippen LogP contribution in [0.3, 0.4) is 0 Å². The van der Waals surface area contributed by atoms with E-state index >= 15 is 0 Å². The van der Waals surface area contributed by atoms with Crippen molar-refractivity contribution < 1.29 is 0 Å². The quantitative estimate of drug-likeness (QED) is 0.529. The second-order valence-electron chi connectivity index (χ2n) is 2.37. The fourth-order valence-electron chi connectivity index (χ4n) is 0.966. The molecule has 0 saturated carbocycles. The first kappa shape index (κ1) is 6.94. The van der Waals surface area contributed by atoms with Crippen molar-refractivity contribution in [3.05, 3.63) is 11.9 Å². The molecule has 0 aromatic heterocycles. The van der Waals surface area contributed by atoms with E-state index in [4.69, 9.17) is 5.26 Å². The van der Waals surface area contributed by atoms with Gasteiger partial charge in [0.2, 0.25) is 0 Å². The maximum Gasteiger partial charge on any atom is 0.133 e. The molecule has 1 aliphatic rings. The van der Waals surface area contributed by atoms with Crippen molar-refractivity contribution in [2.24, 2.45) is 0 Å². The van der Waals surface area contributed by atoms with Crippen molar-refractivity contribution in [1.29, 1.82) is 5.26 Å². The van der Waals surface area contributed by atoms with Crippen LogP contribution in [0.4, 0.5) is 0 Å². The van der Waals surface area contributed by atoms with Crippen molar-refractivity contribution in [3.8, 4) is 6.07 Å². The molecule has 3 nitrogen and oxygen atoms in total. The first-order valence-electron chi connectivity index (χ1n) is 3.35. The molecule has 0 N–H and O–H groups in total. The van der Waals surface area contributed by atoms with Crippen LogP contribution in [0.1, 0.15) is 6.92 Å². The van der Waals surface area contributed by atoms with Gasteiger partial charge in [0.15, 0.2) is 0 Å². The highest BCUT2D eigenvalue weighted by atomic mass is 15.3. The van der Waals surface area contributed by atoms with E-state index in [0.717, 1.165) is 18.9 Å². The van der Waals surface area contributed by atoms with Crippen LogP contribution in [-0.4, -0.2) is 30.1 Å². The standard InChI is InChI=1S/C7H11N3/c1-3-10-5-7(4-8)9(2)6-10/h5H,3,6H2,1-2H3. The summed E-state index contributed by atoms with van der Waals surface area (Å²) in [5.41, 5.74) is 0.752. The minimum Gasteiger partial charge on any atom is -0.358 e. The number of nitriles is 1. The summed E-state index contributed by atoms with van der Waals surface area (Å²) in [6.45, 7) is 3.89. The maximum absolute atomic E-state index is 8.56. The highest BCUT2D eigenvalue weighted by Crippen LogP contribution is 2.10. The zero-order chi connectivity index (χ0) is 7.56. The summed E-state index contributed by atoms with van der Waals surface area (Å²) >= 11 is 0. The van der Waals surface area contributed by atoms with Crippen LogP contribution in [0, 0.1) is 11.3 Å². The molecule has 0 aliphatic carbocycles. The second kappa shape index (κ2) is 2.61. The number of rotatable bonds is 1. The zero-order valence-corrected chi connectivity index (χ0v) is 6.33. The molecule has 0 atom stereocenters. The largest absolute Gasteiger partial charge is 0.358 e. The summed E-state index contributed by atoms with van der Waals surface area (Å²) < 4.78 is 0. The molecule has 1 rings (SSSR count). The summed E-state index contributed by atoms with van der Waals surface area (Å²) in [4.78, 5) is 4.03. The normalized spacial score (nSPS) is 17.1. The average Bonchev–Trinajstić information content (AvgIpc) is 2.30. The Morgan fingerprint density at radius 3 is 2.80 bits per heavy atom. The predicted molar refractivity (Wildman–Crippen MR) is 38.7 cm³/mol. The Hall–Kier alpha value is -1.17. The number of nitrogens with zero attached hydrogens (tertiary/aromatic N) is 3. The van der Waals surface area contributed by atoms with Gasteiger partial charge in [0, 0.05) is 19.8 Å². The fraction of sp³-hybridized carbons (Fsp3) is 0.571. The van der Waals surface area contributed by atoms with Gasteiger partial charge in [-0.3, -0.25) is 0 Å². The molecule has 0 fully saturated rings. The number of hydrogen-bond acceptors (Lipinski definition) is 3. The van der Waals surface area contributed by atoms with E-state index in [0.29, 0.717) is 0 Å². The van der Waals surface area contributed by atoms with E-state index in [-0.39, 0.29) is 0 Å². The second-order valence-corrected chi connectivity index (χ2v) is 2.37. The van der Waals surface area contributed by atoms with Crippen molar-refractivity contribution in [3.63, 3.8) is 0 Å². The molecule has 0 amide bonds. The van der Waals surface area contributed by atoms with E-state index in [1.807, 2.05) is 18.1 Å². The maximum atomic E-state index is 8.56. The minimum atomic E-state index is 0.752. The summed E-state index contributed by atoms with van der Waals surface area (Å²) in [6, 6.07) is 2.12. The van der Waals surface area contributed by atoms with Crippen molar-refractivity contribution >= 4 is 0 Å². The minimum absolute atomic E-state index is 0.752. The molecular weight excluding hydrogens is 126 g/mol. The lowest BCUT2D eigenvalue weighted by atomic mass is 10.5. The van der Waals surface area contributed by atoms with Crippen LogP contribution in [0.2, 0.25) is 0 Å². The van der Waals surface area contributed by atoms with Gasteiger partial charge in [0.25, 0.3) is 0 Å². The third kappa shape index (κ3) is 1.06. The SMILES string of the molecule is CCN1C=C(C#N)N(C)C1. The highest BCUT2D eigenvalue weighted by molar-refractivity contribution is 5.21. The van der Waals surface area contributed by atoms with E-state index in [9.17, 15) is 0 Å². The fourth-order valence-corrected chi connectivity index (χ4v) is 0.966. The first-order chi connectivity index (χ1) is 4.77. The summed E-state index contributed by atoms with van der Waals surface area (Å²) in [7, 11) is 1.92. The van der Waals surface area contributed by atoms with Gasteiger partial charge < -0.3 is 9.80 Å². The van der Waals surface area contributed by atoms with E-state index in [1.54, 1.807) is 0 Å². The number of allylic oxidation sites excluding steroid dienone is 1. The molecule has 0 bridgehead atoms. The van der Waals surface area contributed by atoms with Gasteiger partial charge in [-0.25, -0.2) is 0 Å². The van der Waals surface area contributed by atoms with E-state index in [1.165, 1.54) is 0 Å². The molecule has 0 spiro atoms. The third-order valence-electron chi connectivity index (χ3n) is 1.63. The van der Waals surface area contributed by atoms with Crippen molar-refractivity contribution in [2.45, 2.75) is 6.92 Å². The molecule has 3 heteroatoms. The molecule has 0 unspecified atom stereocenters. The summed E-state index contributed by atoms with van der Waals surface area (Å²) in [5.74, 6) is 0. The Morgan fingerprint density at radius 1 is 1.80 bits per heavy atom. The third-order valence-corrected chi connectivity index (χ3v) is 1.63. The molecule has 54 valence electrons. The smallest absolute Gasteiger partial charge is 0.133 e. The van der Waals surface area contributed by atoms with Gasteiger partial charge in [-0.15, -0.1) is 0 Å². The van der Waals surface area contributed by atoms with Gasteiger partial charge in [-0.2, -0.15) is 5.26 Å². The van der Waals surface area contributed by atoms with E-state index < -0.39 is 0 Å². The molecule has 0 aromatic rings. The lowest BCUT2D eigenvalue weighted by Crippen LogP contribution is -2.22. The summed E-state index contributed by atoms with van der Waals surface area (Å²) in [5, 5.41) is 8.56. The van der Waals surface area contributed by atoms with Crippen molar-refractivity contribution in [2.75, 3.05) is 20.3 Å². The zero-order valence-electron chi connectivity index (χ0n) is 6.33. The Labute approximate surface area is 61.1 Å². The van der Waals surface area contributed by atoms with Crippen LogP contribution >= 0.6 is 0 Å². The number of hydrogen-bond donors (Lipinski definition) is 0. The summed E-state index contributed by atoms with van der Waals surface area (Å²) in [6.07, 6.45) is 1.89. The monoisotopic (exact) mass is 137 g/mol. The van der Waals surface area contributed by atoms with Crippen molar-refractivity contribution in [1.82, 2.24) is 9.80 Å². The molecule has 1 heterocycles. The Bertz CT molecular complexity index is 190. The van der Waals surface area contributed by atoms with Gasteiger partial charge in [-0.05, 0) is 6.92 Å². The molecule has 1 aliphatic heterocycles. The Kier molecular flexibility index (Phi) is 1.81. The van der Waals surface area contributed by atoms with Crippen LogP contribution in [0.25, 0.3) is 0 Å². The average molecular weight is 137 g/mol. The first-order valence-corrected chi connectivity index (χ1v) is 3.35. The van der Waals surface area contributed by atoms with Crippen LogP contribution < -0.4 is 0 Å². The van der Waals surface area contributed by atoms with Gasteiger partial charge in [-0.1, -0.05) is 0 Å². The van der Waals surface area contributed by atoms with Gasteiger partial charge in [0.05, 0.1) is 6.67 Å². The lowest BCUT2D eigenvalue weighted by molar-refractivity contribution is 0.302. The Balaban J connectivity index is 2.65. The van der Waals surface area contributed by atoms with Crippen LogP contribution in [0.15, 0.2) is 11.9 Å². The predicted octanol–water partition coefficient (Wildman–Crippen LogP) is 0.576. The molecule has 0 saturated heterocycles. The Morgan fingerprint density at radius 2 is 2.50 bits per heavy atom. The van der Waals surface area contributed by atoms with Crippen LogP contribution in [0.5, 0.6) is 0 Å². The molecule has 10 heavy (non-hydrogen) atoms. The molecule has 0 radical (unpaired) electrons. The van der Waals surface area contributed by atoms with Gasteiger partial charge >= 0.3 is 0 Å². The van der Waals surface area contributed by atoms with Crippen LogP contribution in [-0.2, 0) is 0 Å². The molecule has 0 aromatic carbocycles. The molecular formula is C7H11N3. The highest BCUT2D eigenvalue weighted by Gasteiger charge is 2.14. The van der Waals surface area contributed by atoms with Gasteiger partial charge in [0.1, 0.15) is 11.8 Å². The topological polar surface area (TPSA) is 30.3 Å². The van der Waals surface area contributed by atoms with E-state index in [2.05, 4.69) is 17.9 Å².